The first-order valence-electron chi connectivity index (χ1n) is 6.90. The molecule has 0 aliphatic heterocycles. The van der Waals surface area contributed by atoms with E-state index in [0.29, 0.717) is 31.1 Å². The van der Waals surface area contributed by atoms with Gasteiger partial charge in [0.15, 0.2) is 0 Å². The lowest BCUT2D eigenvalue weighted by atomic mass is 10.2. The van der Waals surface area contributed by atoms with Gasteiger partial charge in [0.05, 0.1) is 11.5 Å². The van der Waals surface area contributed by atoms with Crippen molar-refractivity contribution in [2.45, 2.75) is 11.4 Å². The molecule has 0 spiro atoms. The van der Waals surface area contributed by atoms with E-state index in [0.717, 1.165) is 12.1 Å². The molecule has 0 fully saturated rings. The average Bonchev–Trinajstić information content (AvgIpc) is 2.45. The Balaban J connectivity index is 2.55. The lowest BCUT2D eigenvalue weighted by Crippen LogP contribution is -2.34. The largest absolute Gasteiger partial charge is 0.383 e. The predicted molar refractivity (Wildman–Crippen MR) is 83.8 cm³/mol. The maximum absolute atomic E-state index is 12.2. The van der Waals surface area contributed by atoms with Gasteiger partial charge in [-0.2, -0.15) is 0 Å². The van der Waals surface area contributed by atoms with Gasteiger partial charge in [-0.3, -0.25) is 0 Å². The van der Waals surface area contributed by atoms with E-state index in [1.165, 1.54) is 0 Å². The molecule has 0 aliphatic rings. The highest BCUT2D eigenvalue weighted by molar-refractivity contribution is 7.89. The van der Waals surface area contributed by atoms with E-state index in [1.54, 1.807) is 25.3 Å². The predicted octanol–water partition coefficient (Wildman–Crippen LogP) is 0.263. The number of methoxy groups -OCH3 is 1. The van der Waals surface area contributed by atoms with Gasteiger partial charge < -0.3 is 15.0 Å². The van der Waals surface area contributed by atoms with Crippen molar-refractivity contribution in [3.63, 3.8) is 0 Å². The second kappa shape index (κ2) is 9.11. The molecular weight excluding hydrogens is 290 g/mol. The van der Waals surface area contributed by atoms with Crippen LogP contribution in [0.15, 0.2) is 29.2 Å². The second-order valence-corrected chi connectivity index (χ2v) is 6.64. The average molecular weight is 315 g/mol. The number of nitrogens with one attached hydrogen (secondary N) is 2. The molecule has 0 saturated heterocycles. The summed E-state index contributed by atoms with van der Waals surface area (Å²) in [7, 11) is 1.95. The molecule has 0 radical (unpaired) electrons. The number of ether oxygens (including phenoxy) is 1. The second-order valence-electron chi connectivity index (χ2n) is 4.87. The Morgan fingerprint density at radius 1 is 1.29 bits per heavy atom. The van der Waals surface area contributed by atoms with Gasteiger partial charge >= 0.3 is 0 Å². The van der Waals surface area contributed by atoms with Crippen molar-refractivity contribution >= 4 is 10.0 Å². The summed E-state index contributed by atoms with van der Waals surface area (Å²) in [6.07, 6.45) is 0. The van der Waals surface area contributed by atoms with Crippen LogP contribution >= 0.6 is 0 Å². The minimum Gasteiger partial charge on any atom is -0.383 e. The highest BCUT2D eigenvalue weighted by atomic mass is 32.2. The molecule has 0 heterocycles. The molecule has 6 nitrogen and oxygen atoms in total. The molecule has 0 amide bonds. The summed E-state index contributed by atoms with van der Waals surface area (Å²) in [5.41, 5.74) is 0.942. The zero-order chi connectivity index (χ0) is 15.7. The standard InChI is InChI=1S/C14H25N3O3S/c1-15-12-13-5-4-6-14(11-13)21(18,19)16-7-8-17(2)9-10-20-3/h4-6,11,15-16H,7-10,12H2,1-3H3. The molecule has 0 saturated carbocycles. The number of sulfonamides is 1. The summed E-state index contributed by atoms with van der Waals surface area (Å²) in [5, 5.41) is 3.01. The molecule has 1 rings (SSSR count). The Hall–Kier alpha value is -0.990. The van der Waals surface area contributed by atoms with Crippen molar-refractivity contribution in [2.75, 3.05) is 47.4 Å². The Morgan fingerprint density at radius 2 is 2.05 bits per heavy atom. The number of hydrogen-bond donors (Lipinski definition) is 2. The van der Waals surface area contributed by atoms with Gasteiger partial charge in [-0.15, -0.1) is 0 Å². The van der Waals surface area contributed by atoms with Crippen LogP contribution in [0.1, 0.15) is 5.56 Å². The van der Waals surface area contributed by atoms with Crippen LogP contribution in [0.2, 0.25) is 0 Å². The third-order valence-electron chi connectivity index (χ3n) is 3.05. The van der Waals surface area contributed by atoms with E-state index in [9.17, 15) is 8.42 Å². The van der Waals surface area contributed by atoms with Crippen molar-refractivity contribution in [3.05, 3.63) is 29.8 Å². The maximum atomic E-state index is 12.2. The fourth-order valence-electron chi connectivity index (χ4n) is 1.84. The van der Waals surface area contributed by atoms with Crippen molar-refractivity contribution in [3.8, 4) is 0 Å². The molecule has 120 valence electrons. The van der Waals surface area contributed by atoms with Gasteiger partial charge in [0.2, 0.25) is 10.0 Å². The molecule has 0 aromatic heterocycles. The summed E-state index contributed by atoms with van der Waals surface area (Å²) in [6, 6.07) is 6.95. The van der Waals surface area contributed by atoms with Crippen LogP contribution in [0.25, 0.3) is 0 Å². The van der Waals surface area contributed by atoms with Gasteiger partial charge in [-0.1, -0.05) is 12.1 Å². The third kappa shape index (κ3) is 6.54. The van der Waals surface area contributed by atoms with Crippen LogP contribution in [0.5, 0.6) is 0 Å². The minimum atomic E-state index is -3.45. The van der Waals surface area contributed by atoms with Gasteiger partial charge in [-0.25, -0.2) is 13.1 Å². The Kier molecular flexibility index (Phi) is 7.84. The smallest absolute Gasteiger partial charge is 0.240 e. The highest BCUT2D eigenvalue weighted by Gasteiger charge is 2.13. The highest BCUT2D eigenvalue weighted by Crippen LogP contribution is 2.11. The summed E-state index contributed by atoms with van der Waals surface area (Å²) in [5.74, 6) is 0. The molecule has 0 bridgehead atoms. The van der Waals surface area contributed by atoms with E-state index >= 15 is 0 Å². The van der Waals surface area contributed by atoms with Crippen LogP contribution in [0.4, 0.5) is 0 Å². The number of rotatable bonds is 10. The lowest BCUT2D eigenvalue weighted by Gasteiger charge is -2.16. The molecule has 1 aromatic rings. The first-order valence-corrected chi connectivity index (χ1v) is 8.38. The number of nitrogens with zero attached hydrogens (tertiary/aromatic N) is 1. The van der Waals surface area contributed by atoms with Gasteiger partial charge in [0.25, 0.3) is 0 Å². The monoisotopic (exact) mass is 315 g/mol. The van der Waals surface area contributed by atoms with Crippen LogP contribution in [0.3, 0.4) is 0 Å². The number of likely N-dealkylation sites (N-methyl/N-ethyl adjacent to an activating group) is 1. The van der Waals surface area contributed by atoms with E-state index in [1.807, 2.05) is 25.1 Å². The van der Waals surface area contributed by atoms with Crippen molar-refractivity contribution in [2.24, 2.45) is 0 Å². The molecule has 0 aliphatic carbocycles. The first kappa shape index (κ1) is 18.1. The number of hydrogen-bond acceptors (Lipinski definition) is 5. The third-order valence-corrected chi connectivity index (χ3v) is 4.51. The topological polar surface area (TPSA) is 70.7 Å². The van der Waals surface area contributed by atoms with E-state index in [2.05, 4.69) is 10.0 Å². The van der Waals surface area contributed by atoms with Crippen LogP contribution in [-0.4, -0.2) is 60.8 Å². The Morgan fingerprint density at radius 3 is 2.71 bits per heavy atom. The number of benzene rings is 1. The maximum Gasteiger partial charge on any atom is 0.240 e. The quantitative estimate of drug-likeness (QED) is 0.648. The fourth-order valence-corrected chi connectivity index (χ4v) is 2.93. The summed E-state index contributed by atoms with van der Waals surface area (Å²) in [6.45, 7) is 3.06. The van der Waals surface area contributed by atoms with Crippen molar-refractivity contribution in [1.29, 1.82) is 0 Å². The van der Waals surface area contributed by atoms with E-state index in [4.69, 9.17) is 4.74 Å². The van der Waals surface area contributed by atoms with Gasteiger partial charge in [0, 0.05) is 33.3 Å². The molecule has 0 atom stereocenters. The summed E-state index contributed by atoms with van der Waals surface area (Å²) >= 11 is 0. The molecule has 0 unspecified atom stereocenters. The van der Waals surface area contributed by atoms with E-state index < -0.39 is 10.0 Å². The van der Waals surface area contributed by atoms with Gasteiger partial charge in [0.1, 0.15) is 0 Å². The van der Waals surface area contributed by atoms with Crippen LogP contribution < -0.4 is 10.0 Å². The van der Waals surface area contributed by atoms with E-state index in [-0.39, 0.29) is 0 Å². The summed E-state index contributed by atoms with van der Waals surface area (Å²) in [4.78, 5) is 2.32. The van der Waals surface area contributed by atoms with Crippen LogP contribution in [-0.2, 0) is 21.3 Å². The van der Waals surface area contributed by atoms with Crippen molar-refractivity contribution in [1.82, 2.24) is 14.9 Å². The normalized spacial score (nSPS) is 12.0. The summed E-state index contributed by atoms with van der Waals surface area (Å²) < 4.78 is 32.0. The molecular formula is C14H25N3O3S. The SMILES string of the molecule is CNCc1cccc(S(=O)(=O)NCCN(C)CCOC)c1. The lowest BCUT2D eigenvalue weighted by molar-refractivity contribution is 0.162. The fraction of sp³-hybridized carbons (Fsp3) is 0.571. The van der Waals surface area contributed by atoms with Crippen LogP contribution in [0, 0.1) is 0 Å². The Labute approximate surface area is 127 Å². The molecule has 1 aromatic carbocycles. The molecule has 2 N–H and O–H groups in total. The zero-order valence-electron chi connectivity index (χ0n) is 12.9. The first-order chi connectivity index (χ1) is 9.99. The minimum absolute atomic E-state index is 0.301. The molecule has 7 heteroatoms. The van der Waals surface area contributed by atoms with Gasteiger partial charge in [-0.05, 0) is 31.8 Å². The Bertz CT molecular complexity index is 520. The zero-order valence-corrected chi connectivity index (χ0v) is 13.7. The molecule has 21 heavy (non-hydrogen) atoms. The van der Waals surface area contributed by atoms with Crippen molar-refractivity contribution < 1.29 is 13.2 Å².